The highest BCUT2D eigenvalue weighted by Gasteiger charge is 2.43. The number of nitrogens with one attached hydrogen (secondary N) is 7. The highest BCUT2D eigenvalue weighted by Crippen LogP contribution is 2.45. The third-order valence-electron chi connectivity index (χ3n) is 13.8. The second-order valence-corrected chi connectivity index (χ2v) is 23.0. The number of anilines is 1. The first-order chi connectivity index (χ1) is 39.7. The normalized spacial score (nSPS) is 16.4. The number of aromatic nitrogens is 4. The molecule has 2 saturated heterocycles. The van der Waals surface area contributed by atoms with Crippen LogP contribution in [0.5, 0.6) is 0 Å². The maximum atomic E-state index is 17.0. The van der Waals surface area contributed by atoms with E-state index >= 15 is 52.7 Å². The number of amides is 3. The molecule has 3 atom stereocenters. The summed E-state index contributed by atoms with van der Waals surface area (Å²) in [4.78, 5) is 32.3. The molecule has 3 aromatic carbocycles. The predicted molar refractivity (Wildman–Crippen MR) is 271 cm³/mol. The Morgan fingerprint density at radius 2 is 1.05 bits per heavy atom. The van der Waals surface area contributed by atoms with Crippen molar-refractivity contribution in [3.63, 3.8) is 0 Å². The van der Waals surface area contributed by atoms with Gasteiger partial charge in [-0.1, -0.05) is 6.42 Å². The highest BCUT2D eigenvalue weighted by atomic mass is 32.2. The van der Waals surface area contributed by atoms with Crippen LogP contribution in [0.4, 0.5) is 71.9 Å². The number of thioether (sulfide) groups is 1. The van der Waals surface area contributed by atoms with Crippen molar-refractivity contribution in [1.29, 1.82) is 0 Å². The first kappa shape index (κ1) is 59.2. The Balaban J connectivity index is 1.20. The lowest BCUT2D eigenvalue weighted by atomic mass is 10.0. The van der Waals surface area contributed by atoms with E-state index in [0.29, 0.717) is 61.4 Å². The smallest absolute Gasteiger partial charge is 0.315 e. The van der Waals surface area contributed by atoms with Gasteiger partial charge >= 0.3 is 26.3 Å². The summed E-state index contributed by atoms with van der Waals surface area (Å²) < 4.78 is 284. The molecule has 11 N–H and O–H groups in total. The number of H-pyrrole nitrogens is 3. The molecule has 0 radical (unpaired) electrons. The van der Waals surface area contributed by atoms with E-state index in [1.165, 1.54) is 0 Å². The minimum atomic E-state index is -5.67. The number of benzene rings is 3. The quantitative estimate of drug-likeness (QED) is 0.0109. The third-order valence-corrected chi connectivity index (χ3v) is 17.5. The van der Waals surface area contributed by atoms with Crippen LogP contribution in [0.15, 0.2) is 34.1 Å². The Kier molecular flexibility index (Phi) is 15.7. The number of nitrogens with zero attached hydrogens (tertiary/aromatic N) is 1. The molecule has 0 saturated carbocycles. The molecule has 8 bridgehead atoms. The first-order valence-corrected chi connectivity index (χ1v) is 27.9. The molecule has 3 amide bonds. The van der Waals surface area contributed by atoms with Gasteiger partial charge in [0.2, 0.25) is 17.5 Å². The number of hydrogen-bond acceptors (Lipinski definition) is 13. The molecule has 84 heavy (non-hydrogen) atoms. The summed E-state index contributed by atoms with van der Waals surface area (Å²) in [6.07, 6.45) is 2.77. The van der Waals surface area contributed by atoms with Crippen LogP contribution < -0.4 is 33.1 Å². The molecule has 444 valence electrons. The molecule has 10 rings (SSSR count). The predicted octanol–water partition coefficient (Wildman–Crippen LogP) is 9.06. The maximum absolute atomic E-state index is 17.0. The molecule has 0 spiro atoms. The summed E-state index contributed by atoms with van der Waals surface area (Å²) in [7, 11) is -11.2. The number of carbonyl (C=O) groups excluding carboxylic acids is 2. The zero-order valence-electron chi connectivity index (χ0n) is 41.5. The van der Waals surface area contributed by atoms with Gasteiger partial charge in [-0.2, -0.15) is 49.0 Å². The van der Waals surface area contributed by atoms with E-state index in [-0.39, 0.29) is 29.8 Å². The maximum Gasteiger partial charge on any atom is 0.315 e. The number of aromatic amines is 3. The van der Waals surface area contributed by atoms with Gasteiger partial charge in [-0.25, -0.2) is 71.2 Å². The number of unbranched alkanes of at least 4 members (excludes halogenated alkanes) is 1. The number of urea groups is 1. The Morgan fingerprint density at radius 3 is 1.62 bits per heavy atom. The van der Waals surface area contributed by atoms with Gasteiger partial charge < -0.3 is 36.2 Å². The minimum Gasteiger partial charge on any atom is -0.378 e. The molecule has 3 unspecified atom stereocenters. The second-order valence-electron chi connectivity index (χ2n) is 18.6. The molecule has 2 fully saturated rings. The van der Waals surface area contributed by atoms with E-state index in [0.717, 1.165) is 0 Å². The lowest BCUT2D eigenvalue weighted by molar-refractivity contribution is -0.121. The molecule has 3 aliphatic rings. The summed E-state index contributed by atoms with van der Waals surface area (Å²) in [5.41, 5.74) is -20.2. The largest absolute Gasteiger partial charge is 0.378 e. The average Bonchev–Trinajstić information content (AvgIpc) is 2.11. The van der Waals surface area contributed by atoms with Gasteiger partial charge in [-0.3, -0.25) is 4.79 Å². The summed E-state index contributed by atoms with van der Waals surface area (Å²) >= 11 is 1.66. The van der Waals surface area contributed by atoms with E-state index in [1.54, 1.807) is 11.8 Å². The molecule has 7 heterocycles. The van der Waals surface area contributed by atoms with Crippen molar-refractivity contribution in [1.82, 2.24) is 35.9 Å². The molecule has 4 aromatic heterocycles. The number of fused-ring (bicyclic) bond motifs is 10. The highest BCUT2D eigenvalue weighted by molar-refractivity contribution is 8.00. The van der Waals surface area contributed by atoms with Crippen LogP contribution in [0.1, 0.15) is 37.1 Å². The Bertz CT molecular complexity index is 4310. The Labute approximate surface area is 464 Å². The number of nitrogens with two attached hydrogens (primary N) is 2. The van der Waals surface area contributed by atoms with Gasteiger partial charge in [0, 0.05) is 58.2 Å². The summed E-state index contributed by atoms with van der Waals surface area (Å²) in [5.74, 6) is -25.6. The van der Waals surface area contributed by atoms with Gasteiger partial charge in [-0.15, -0.1) is 0 Å². The summed E-state index contributed by atoms with van der Waals surface area (Å²) in [5, 5.41) is 10.3. The van der Waals surface area contributed by atoms with E-state index in [4.69, 9.17) is 11.8 Å². The van der Waals surface area contributed by atoms with Crippen LogP contribution >= 0.6 is 11.8 Å². The van der Waals surface area contributed by atoms with E-state index < -0.39 is 214 Å². The molecular formula is C49H34F14N10O8S3. The fourth-order valence-electron chi connectivity index (χ4n) is 9.96. The molecule has 3 aliphatic heterocycles. The van der Waals surface area contributed by atoms with Crippen molar-refractivity contribution in [3.05, 3.63) is 117 Å². The van der Waals surface area contributed by atoms with Crippen LogP contribution in [0.25, 0.3) is 78.6 Å². The van der Waals surface area contributed by atoms with Crippen molar-refractivity contribution < 1.29 is 96.5 Å². The fraction of sp³-hybridized carbons (Fsp3) is 0.204. The second kappa shape index (κ2) is 22.2. The molecule has 7 aromatic rings. The molecule has 18 nitrogen and oxygen atoms in total. The van der Waals surface area contributed by atoms with E-state index in [9.17, 15) is 35.2 Å². The van der Waals surface area contributed by atoms with Crippen LogP contribution in [0, 0.1) is 81.4 Å². The van der Waals surface area contributed by atoms with Crippen molar-refractivity contribution in [2.45, 2.75) is 52.8 Å². The van der Waals surface area contributed by atoms with Crippen molar-refractivity contribution in [2.75, 3.05) is 24.2 Å². The monoisotopic (exact) mass is 1250 g/mol. The van der Waals surface area contributed by atoms with Crippen molar-refractivity contribution >= 4 is 94.9 Å². The van der Waals surface area contributed by atoms with Crippen molar-refractivity contribution in [3.8, 4) is 33.4 Å². The number of carbonyl (C=O) groups is 2. The first-order valence-electron chi connectivity index (χ1n) is 24.0. The van der Waals surface area contributed by atoms with Gasteiger partial charge in [0.05, 0.1) is 62.2 Å². The number of hydrogen-bond donors (Lipinski definition) is 9. The zero-order valence-corrected chi connectivity index (χ0v) is 44.0. The van der Waals surface area contributed by atoms with Crippen molar-refractivity contribution in [2.24, 2.45) is 11.8 Å². The average molecular weight is 1250 g/mol. The SMILES string of the molecule is NOS(=O)(=O)c1cc2[nH]c1c(-c1c(F)c(F)c(NCCNC(=O)CCCCC3SCC4NC(=O)NC43)c(F)c1F)c1nc(c(-c3c(F)c(F)c(F)c(F)c3F)c3ccc([nH]3)c(-c3c(F)c(F)c(F)c(F)c3F)c3cc(S(=O)(=O)ON)c2[nH]3)C=C1. The van der Waals surface area contributed by atoms with E-state index in [2.05, 4.69) is 49.8 Å². The standard InChI is InChI=1S/C49H34F14N10O8S3/c50-31-28(32(51)38(57)41(60)37(31)56)25-14-5-6-16(68-14)26(29-33(52)39(58)42(61)40(59)34(29)53)18-11-22(83(76,77)80-64)46(70-18)19-12-23(84(78,79)81-65)47(71-19)27(17-8-7-15(25)69-17)30-35(54)43(62)48(44(63)36(30)55)67-10-9-66-24(74)4-2-1-3-21-45-20(13-82-21)72-49(75)73-45/h5-8,11-12,20-21,45,67-68,70-71H,1-4,9-10,13,64-65H2,(H,66,74)(H2,72,73,75). The van der Waals surface area contributed by atoms with Gasteiger partial charge in [0.25, 0.3) is 0 Å². The lowest BCUT2D eigenvalue weighted by Crippen LogP contribution is -2.36. The summed E-state index contributed by atoms with van der Waals surface area (Å²) in [6.45, 7) is -1.03. The van der Waals surface area contributed by atoms with Crippen LogP contribution in [0.2, 0.25) is 0 Å². The Morgan fingerprint density at radius 1 is 0.571 bits per heavy atom. The van der Waals surface area contributed by atoms with Crippen LogP contribution in [0.3, 0.4) is 0 Å². The fourth-order valence-corrected chi connectivity index (χ4v) is 13.0. The Hall–Kier alpha value is -7.96. The van der Waals surface area contributed by atoms with E-state index in [1.807, 2.05) is 0 Å². The van der Waals surface area contributed by atoms with Gasteiger partial charge in [-0.05, 0) is 49.3 Å². The van der Waals surface area contributed by atoms with Gasteiger partial charge in [0.15, 0.2) is 69.8 Å². The topological polar surface area (TPSA) is 281 Å². The minimum absolute atomic E-state index is 0.0199. The van der Waals surface area contributed by atoms with Gasteiger partial charge in [0.1, 0.15) is 15.5 Å². The number of halogens is 14. The molecule has 35 heteroatoms. The molecule has 0 aliphatic carbocycles. The van der Waals surface area contributed by atoms with Crippen LogP contribution in [-0.2, 0) is 33.6 Å². The zero-order chi connectivity index (χ0) is 60.8. The summed E-state index contributed by atoms with van der Waals surface area (Å²) in [6, 6.07) is 1.55. The third kappa shape index (κ3) is 9.97. The number of rotatable bonds is 16. The molecular weight excluding hydrogens is 1220 g/mol. The lowest BCUT2D eigenvalue weighted by Gasteiger charge is -2.16. The van der Waals surface area contributed by atoms with Crippen LogP contribution in [-0.4, -0.2) is 84.9 Å².